The normalized spacial score (nSPS) is 21.2. The molecule has 3 saturated heterocycles. The number of likely N-dealkylation sites (tertiary alicyclic amines) is 2. The molecule has 4 atom stereocenters. The summed E-state index contributed by atoms with van der Waals surface area (Å²) in [4.78, 5) is 71.4. The fraction of sp³-hybridized carbons (Fsp3) is 0.476. The van der Waals surface area contributed by atoms with Gasteiger partial charge in [-0.05, 0) is 67.7 Å². The topological polar surface area (TPSA) is 184 Å². The Balaban J connectivity index is 1.03. The Morgan fingerprint density at radius 1 is 0.825 bits per heavy atom. The Labute approximate surface area is 332 Å². The predicted octanol–water partition coefficient (Wildman–Crippen LogP) is 6.14. The molecule has 15 heteroatoms. The minimum Gasteiger partial charge on any atom is -0.453 e. The molecule has 2 aromatic carbocycles. The van der Waals surface area contributed by atoms with Gasteiger partial charge in [0.1, 0.15) is 23.2 Å². The molecule has 4 aromatic rings. The lowest BCUT2D eigenvalue weighted by Gasteiger charge is -2.33. The van der Waals surface area contributed by atoms with E-state index in [9.17, 15) is 19.2 Å². The van der Waals surface area contributed by atoms with E-state index in [0.29, 0.717) is 31.9 Å². The lowest BCUT2D eigenvalue weighted by Crippen LogP contribution is -2.56. The number of methoxy groups -OCH3 is 2. The van der Waals surface area contributed by atoms with Crippen LogP contribution in [0.5, 0.6) is 0 Å². The Morgan fingerprint density at radius 2 is 1.39 bits per heavy atom. The largest absolute Gasteiger partial charge is 0.453 e. The highest BCUT2D eigenvalue weighted by molar-refractivity contribution is 5.90. The second-order valence-electron chi connectivity index (χ2n) is 16.1. The SMILES string of the molecule is COC(=O)N[C@H](C(=O)N1CCC[C@H]1c1ncc(-c2ccc(-c3ccc(-c4cnc([C@@H]5C[C@@]6(CCCO6)CN5C(=O)C(C)(C)NC(=O)OC)[nH]4)cc3)cc2)[nH]1)C(C)C. The van der Waals surface area contributed by atoms with Gasteiger partial charge in [0.05, 0.1) is 62.2 Å². The quantitative estimate of drug-likeness (QED) is 0.147. The van der Waals surface area contributed by atoms with Crippen molar-refractivity contribution >= 4 is 24.0 Å². The van der Waals surface area contributed by atoms with E-state index < -0.39 is 29.4 Å². The number of nitrogens with zero attached hydrogens (tertiary/aromatic N) is 4. The van der Waals surface area contributed by atoms with E-state index in [1.54, 1.807) is 36.0 Å². The van der Waals surface area contributed by atoms with E-state index >= 15 is 0 Å². The van der Waals surface area contributed by atoms with Crippen LogP contribution in [0, 0.1) is 5.92 Å². The molecule has 0 saturated carbocycles. The second kappa shape index (κ2) is 16.0. The first kappa shape index (κ1) is 39.5. The van der Waals surface area contributed by atoms with E-state index in [1.165, 1.54) is 14.2 Å². The Kier molecular flexibility index (Phi) is 11.1. The van der Waals surface area contributed by atoms with Crippen molar-refractivity contribution < 1.29 is 33.4 Å². The van der Waals surface area contributed by atoms with E-state index in [1.807, 2.05) is 38.1 Å². The molecule has 3 aliphatic rings. The first-order valence-electron chi connectivity index (χ1n) is 19.6. The van der Waals surface area contributed by atoms with Gasteiger partial charge >= 0.3 is 12.2 Å². The zero-order valence-corrected chi connectivity index (χ0v) is 33.4. The van der Waals surface area contributed by atoms with Crippen molar-refractivity contribution in [2.75, 3.05) is 33.9 Å². The summed E-state index contributed by atoms with van der Waals surface area (Å²) in [5, 5.41) is 5.36. The molecule has 2 aromatic heterocycles. The van der Waals surface area contributed by atoms with Gasteiger partial charge < -0.3 is 44.6 Å². The van der Waals surface area contributed by atoms with Gasteiger partial charge in [0.25, 0.3) is 0 Å². The molecule has 4 amide bonds. The third kappa shape index (κ3) is 8.11. The summed E-state index contributed by atoms with van der Waals surface area (Å²) >= 11 is 0. The number of ether oxygens (including phenoxy) is 3. The zero-order valence-electron chi connectivity index (χ0n) is 33.4. The van der Waals surface area contributed by atoms with E-state index in [4.69, 9.17) is 19.2 Å². The summed E-state index contributed by atoms with van der Waals surface area (Å²) in [6.45, 7) is 8.81. The van der Waals surface area contributed by atoms with Crippen LogP contribution in [-0.4, -0.2) is 105 Å². The molecule has 0 unspecified atom stereocenters. The minimum absolute atomic E-state index is 0.109. The van der Waals surface area contributed by atoms with Crippen LogP contribution in [-0.2, 0) is 23.8 Å². The van der Waals surface area contributed by atoms with Gasteiger partial charge in [-0.1, -0.05) is 62.4 Å². The lowest BCUT2D eigenvalue weighted by molar-refractivity contribution is -0.139. The molecule has 57 heavy (non-hydrogen) atoms. The zero-order chi connectivity index (χ0) is 40.5. The predicted molar refractivity (Wildman–Crippen MR) is 212 cm³/mol. The molecule has 7 rings (SSSR count). The molecule has 0 aliphatic carbocycles. The summed E-state index contributed by atoms with van der Waals surface area (Å²) < 4.78 is 15.7. The first-order chi connectivity index (χ1) is 27.3. The van der Waals surface area contributed by atoms with Crippen molar-refractivity contribution in [3.05, 3.63) is 72.6 Å². The molecule has 5 heterocycles. The summed E-state index contributed by atoms with van der Waals surface area (Å²) in [6, 6.07) is 15.2. The third-order valence-corrected chi connectivity index (χ3v) is 11.5. The van der Waals surface area contributed by atoms with Crippen molar-refractivity contribution in [2.24, 2.45) is 5.92 Å². The van der Waals surface area contributed by atoms with Gasteiger partial charge in [-0.15, -0.1) is 0 Å². The number of hydrogen-bond acceptors (Lipinski definition) is 9. The summed E-state index contributed by atoms with van der Waals surface area (Å²) in [7, 11) is 2.56. The van der Waals surface area contributed by atoms with Crippen LogP contribution in [0.2, 0.25) is 0 Å². The van der Waals surface area contributed by atoms with Crippen LogP contribution in [0.15, 0.2) is 60.9 Å². The Morgan fingerprint density at radius 3 is 1.91 bits per heavy atom. The maximum atomic E-state index is 13.9. The maximum absolute atomic E-state index is 13.9. The highest BCUT2D eigenvalue weighted by Crippen LogP contribution is 2.45. The van der Waals surface area contributed by atoms with Gasteiger partial charge in [-0.2, -0.15) is 0 Å². The summed E-state index contributed by atoms with van der Waals surface area (Å²) in [6.07, 6.45) is 6.32. The monoisotopic (exact) mass is 780 g/mol. The summed E-state index contributed by atoms with van der Waals surface area (Å²) in [5.41, 5.74) is 4.07. The van der Waals surface area contributed by atoms with Crippen LogP contribution in [0.1, 0.15) is 83.5 Å². The molecular weight excluding hydrogens is 729 g/mol. The number of benzene rings is 2. The van der Waals surface area contributed by atoms with Crippen molar-refractivity contribution in [1.82, 2.24) is 40.4 Å². The van der Waals surface area contributed by atoms with Gasteiger partial charge in [0.2, 0.25) is 11.8 Å². The standard InChI is InChI=1S/C42H52N8O7/c1-25(2)34(47-39(53)55-5)37(51)49-19-7-9-32(49)35-43-22-30(45-35)28-14-10-26(11-15-28)27-12-16-29(17-13-27)31-23-44-36(46-31)33-21-42(18-8-20-57-42)24-50(33)38(52)41(3,4)48-40(54)56-6/h10-17,22-23,25,32-34H,7-9,18-21,24H2,1-6H3,(H,43,45)(H,44,46)(H,47,53)(H,48,54)/t32-,33-,34-,42-/m0/s1. The molecular formula is C42H52N8O7. The highest BCUT2D eigenvalue weighted by atomic mass is 16.5. The smallest absolute Gasteiger partial charge is 0.407 e. The molecule has 3 fully saturated rings. The molecule has 0 radical (unpaired) electrons. The molecule has 302 valence electrons. The van der Waals surface area contributed by atoms with E-state index in [0.717, 1.165) is 65.1 Å². The van der Waals surface area contributed by atoms with Crippen LogP contribution in [0.25, 0.3) is 33.6 Å². The van der Waals surface area contributed by atoms with Crippen molar-refractivity contribution in [2.45, 2.75) is 89.1 Å². The second-order valence-corrected chi connectivity index (χ2v) is 16.1. The minimum atomic E-state index is -1.19. The van der Waals surface area contributed by atoms with Crippen molar-refractivity contribution in [1.29, 1.82) is 0 Å². The Hall–Kier alpha value is -5.70. The molecule has 3 aliphatic heterocycles. The highest BCUT2D eigenvalue weighted by Gasteiger charge is 2.52. The third-order valence-electron chi connectivity index (χ3n) is 11.5. The van der Waals surface area contributed by atoms with Crippen molar-refractivity contribution in [3.8, 4) is 33.6 Å². The maximum Gasteiger partial charge on any atom is 0.407 e. The number of imidazole rings is 2. The number of carbonyl (C=O) groups excluding carboxylic acids is 4. The Bertz CT molecular complexity index is 2080. The number of alkyl carbamates (subject to hydrolysis) is 2. The number of rotatable bonds is 10. The van der Waals surface area contributed by atoms with Gasteiger partial charge in [0, 0.05) is 19.6 Å². The number of aromatic amines is 2. The first-order valence-corrected chi connectivity index (χ1v) is 19.6. The fourth-order valence-corrected chi connectivity index (χ4v) is 8.35. The molecule has 4 N–H and O–H groups in total. The van der Waals surface area contributed by atoms with Gasteiger partial charge in [-0.25, -0.2) is 19.6 Å². The van der Waals surface area contributed by atoms with E-state index in [2.05, 4.69) is 49.9 Å². The molecule has 1 spiro atoms. The molecule has 15 nitrogen and oxygen atoms in total. The van der Waals surface area contributed by atoms with Crippen LogP contribution in [0.3, 0.4) is 0 Å². The van der Waals surface area contributed by atoms with Crippen LogP contribution in [0.4, 0.5) is 9.59 Å². The number of H-pyrrole nitrogens is 2. The average Bonchev–Trinajstić information content (AvgIpc) is 4.07. The summed E-state index contributed by atoms with van der Waals surface area (Å²) in [5.74, 6) is 0.905. The number of aromatic nitrogens is 4. The van der Waals surface area contributed by atoms with Gasteiger partial charge in [-0.3, -0.25) is 9.59 Å². The lowest BCUT2D eigenvalue weighted by atomic mass is 9.96. The fourth-order valence-electron chi connectivity index (χ4n) is 8.35. The van der Waals surface area contributed by atoms with Crippen LogP contribution >= 0.6 is 0 Å². The number of hydrogen-bond donors (Lipinski definition) is 4. The number of nitrogens with one attached hydrogen (secondary N) is 4. The van der Waals surface area contributed by atoms with Crippen molar-refractivity contribution in [3.63, 3.8) is 0 Å². The van der Waals surface area contributed by atoms with E-state index in [-0.39, 0.29) is 29.8 Å². The van der Waals surface area contributed by atoms with Crippen LogP contribution < -0.4 is 10.6 Å². The average molecular weight is 781 g/mol. The van der Waals surface area contributed by atoms with Gasteiger partial charge in [0.15, 0.2) is 0 Å². The number of carbonyl (C=O) groups is 4. The molecule has 0 bridgehead atoms. The number of amides is 4.